The summed E-state index contributed by atoms with van der Waals surface area (Å²) in [4.78, 5) is 0. The summed E-state index contributed by atoms with van der Waals surface area (Å²) >= 11 is 0. The Morgan fingerprint density at radius 2 is 1.87 bits per heavy atom. The largest absolute Gasteiger partial charge is 2.00 e. The van der Waals surface area contributed by atoms with E-state index in [1.165, 1.54) is 11.1 Å². The molecule has 0 heterocycles. The van der Waals surface area contributed by atoms with Crippen LogP contribution in [-0.2, 0) is 25.9 Å². The van der Waals surface area contributed by atoms with Gasteiger partial charge in [0.25, 0.3) is 0 Å². The fourth-order valence-corrected chi connectivity index (χ4v) is 0.983. The third-order valence-corrected chi connectivity index (χ3v) is 1.95. The Balaban J connectivity index is 0. The third-order valence-electron chi connectivity index (χ3n) is 1.95. The van der Waals surface area contributed by atoms with Crippen LogP contribution in [-0.4, -0.2) is 0 Å². The molecule has 1 heteroatoms. The first-order valence-corrected chi connectivity index (χ1v) is 5.09. The molecule has 0 fully saturated rings. The molecule has 15 heavy (non-hydrogen) atoms. The zero-order chi connectivity index (χ0) is 10.8. The molecular formula is C14H20Ru. The van der Waals surface area contributed by atoms with Gasteiger partial charge in [-0.3, -0.25) is 6.08 Å². The van der Waals surface area contributed by atoms with Crippen molar-refractivity contribution >= 4 is 0 Å². The van der Waals surface area contributed by atoms with Crippen LogP contribution in [0.4, 0.5) is 0 Å². The van der Waals surface area contributed by atoms with Crippen LogP contribution >= 0.6 is 0 Å². The quantitative estimate of drug-likeness (QED) is 0.433. The molecule has 0 saturated carbocycles. The van der Waals surface area contributed by atoms with Crippen molar-refractivity contribution in [2.45, 2.75) is 34.1 Å². The van der Waals surface area contributed by atoms with Crippen LogP contribution in [0.2, 0.25) is 0 Å². The Morgan fingerprint density at radius 1 is 1.33 bits per heavy atom. The van der Waals surface area contributed by atoms with Crippen LogP contribution in [0.15, 0.2) is 42.0 Å². The van der Waals surface area contributed by atoms with E-state index in [1.54, 1.807) is 0 Å². The standard InChI is InChI=1S/C7H9.C7H11.Ru/c1-2-7-5-3-4-6-7;1-4-6-7(3)5-2;/h3-6H,2H2,1H3;4,6H,1-3H3;/q2*-1;+2. The zero-order valence-corrected chi connectivity index (χ0v) is 11.8. The van der Waals surface area contributed by atoms with Crippen LogP contribution in [0.3, 0.4) is 0 Å². The maximum atomic E-state index is 3.00. The molecule has 84 valence electrons. The van der Waals surface area contributed by atoms with E-state index in [4.69, 9.17) is 0 Å². The number of allylic oxidation sites excluding steroid dienone is 4. The molecule has 0 radical (unpaired) electrons. The number of hydrogen-bond acceptors (Lipinski definition) is 0. The van der Waals surface area contributed by atoms with Crippen molar-refractivity contribution in [1.29, 1.82) is 0 Å². The molecule has 0 aliphatic carbocycles. The summed E-state index contributed by atoms with van der Waals surface area (Å²) in [6.07, 6.45) is 8.19. The molecular weight excluding hydrogens is 269 g/mol. The maximum Gasteiger partial charge on any atom is 2.00 e. The molecule has 1 aromatic rings. The summed E-state index contributed by atoms with van der Waals surface area (Å²) in [5.41, 5.74) is 2.63. The van der Waals surface area contributed by atoms with Crippen molar-refractivity contribution < 1.29 is 19.5 Å². The van der Waals surface area contributed by atoms with Crippen molar-refractivity contribution in [2.75, 3.05) is 0 Å². The van der Waals surface area contributed by atoms with Crippen molar-refractivity contribution in [3.8, 4) is 0 Å². The van der Waals surface area contributed by atoms with Gasteiger partial charge in [-0.25, -0.2) is 23.8 Å². The van der Waals surface area contributed by atoms with E-state index in [2.05, 4.69) is 37.3 Å². The molecule has 0 aliphatic rings. The second-order valence-corrected chi connectivity index (χ2v) is 3.08. The van der Waals surface area contributed by atoms with Crippen LogP contribution in [0, 0.1) is 6.08 Å². The summed E-state index contributed by atoms with van der Waals surface area (Å²) in [7, 11) is 0. The van der Waals surface area contributed by atoms with Crippen LogP contribution in [0.25, 0.3) is 0 Å². The monoisotopic (exact) mass is 290 g/mol. The van der Waals surface area contributed by atoms with E-state index in [0.717, 1.165) is 6.42 Å². The van der Waals surface area contributed by atoms with Crippen molar-refractivity contribution in [3.63, 3.8) is 0 Å². The SMILES string of the molecule is CC[c-]1cccc1.C[C-]=C(C)C=CC.[Ru+2]. The Bertz CT molecular complexity index is 266. The molecule has 0 unspecified atom stereocenters. The van der Waals surface area contributed by atoms with Gasteiger partial charge in [-0.1, -0.05) is 27.2 Å². The molecule has 0 aliphatic heterocycles. The van der Waals surface area contributed by atoms with E-state index in [1.807, 2.05) is 32.9 Å². The molecule has 0 aromatic heterocycles. The molecule has 0 spiro atoms. The average molecular weight is 289 g/mol. The topological polar surface area (TPSA) is 0 Å². The fraction of sp³-hybridized carbons (Fsp3) is 0.357. The van der Waals surface area contributed by atoms with Crippen molar-refractivity contribution in [2.24, 2.45) is 0 Å². The molecule has 1 aromatic carbocycles. The molecule has 0 atom stereocenters. The Morgan fingerprint density at radius 3 is 2.07 bits per heavy atom. The molecule has 0 bridgehead atoms. The van der Waals surface area contributed by atoms with Crippen LogP contribution < -0.4 is 0 Å². The van der Waals surface area contributed by atoms with Gasteiger partial charge in [0.05, 0.1) is 0 Å². The van der Waals surface area contributed by atoms with Gasteiger partial charge in [-0.15, -0.1) is 6.92 Å². The zero-order valence-electron chi connectivity index (χ0n) is 10.0. The minimum Gasteiger partial charge on any atom is -0.275 e. The predicted molar refractivity (Wildman–Crippen MR) is 64.3 cm³/mol. The third kappa shape index (κ3) is 9.75. The van der Waals surface area contributed by atoms with E-state index in [0.29, 0.717) is 0 Å². The van der Waals surface area contributed by atoms with Gasteiger partial charge >= 0.3 is 19.5 Å². The second-order valence-electron chi connectivity index (χ2n) is 3.08. The van der Waals surface area contributed by atoms with Crippen molar-refractivity contribution in [1.82, 2.24) is 0 Å². The number of hydrogen-bond donors (Lipinski definition) is 0. The van der Waals surface area contributed by atoms with Gasteiger partial charge in [0.15, 0.2) is 0 Å². The van der Waals surface area contributed by atoms with Gasteiger partial charge in [0.1, 0.15) is 0 Å². The van der Waals surface area contributed by atoms with E-state index in [9.17, 15) is 0 Å². The summed E-state index contributed by atoms with van der Waals surface area (Å²) in [5, 5.41) is 0. The summed E-state index contributed by atoms with van der Waals surface area (Å²) in [6.45, 7) is 8.10. The normalized spacial score (nSPS) is 10.5. The minimum absolute atomic E-state index is 0. The first-order chi connectivity index (χ1) is 6.74. The van der Waals surface area contributed by atoms with Crippen LogP contribution in [0.1, 0.15) is 33.3 Å². The van der Waals surface area contributed by atoms with E-state index in [-0.39, 0.29) is 19.5 Å². The summed E-state index contributed by atoms with van der Waals surface area (Å²) in [6, 6.07) is 8.41. The van der Waals surface area contributed by atoms with E-state index >= 15 is 0 Å². The van der Waals surface area contributed by atoms with Gasteiger partial charge in [-0.05, 0) is 0 Å². The summed E-state index contributed by atoms with van der Waals surface area (Å²) < 4.78 is 0. The van der Waals surface area contributed by atoms with Gasteiger partial charge < -0.3 is 0 Å². The first kappa shape index (κ1) is 16.9. The molecule has 0 saturated heterocycles. The molecule has 0 N–H and O–H groups in total. The Labute approximate surface area is 107 Å². The molecule has 1 rings (SSSR count). The number of aryl methyl sites for hydroxylation is 1. The van der Waals surface area contributed by atoms with Crippen LogP contribution in [0.5, 0.6) is 0 Å². The van der Waals surface area contributed by atoms with Crippen molar-refractivity contribution in [3.05, 3.63) is 53.6 Å². The van der Waals surface area contributed by atoms with Gasteiger partial charge in [-0.2, -0.15) is 23.8 Å². The Kier molecular flexibility index (Phi) is 13.0. The van der Waals surface area contributed by atoms with Gasteiger partial charge in [0, 0.05) is 0 Å². The first-order valence-electron chi connectivity index (χ1n) is 5.09. The molecule has 0 amide bonds. The minimum atomic E-state index is 0. The average Bonchev–Trinajstić information content (AvgIpc) is 2.71. The maximum absolute atomic E-state index is 3.00. The van der Waals surface area contributed by atoms with E-state index < -0.39 is 0 Å². The fourth-order valence-electron chi connectivity index (χ4n) is 0.983. The Hall–Kier alpha value is -0.547. The second kappa shape index (κ2) is 11.5. The smallest absolute Gasteiger partial charge is 0.275 e. The summed E-state index contributed by atoms with van der Waals surface area (Å²) in [5.74, 6) is 0. The predicted octanol–water partition coefficient (Wildman–Crippen LogP) is 4.30. The van der Waals surface area contributed by atoms with Gasteiger partial charge in [0.2, 0.25) is 0 Å². The number of rotatable bonds is 2. The molecule has 0 nitrogen and oxygen atoms in total.